The highest BCUT2D eigenvalue weighted by molar-refractivity contribution is 7.99. The normalized spacial score (nSPS) is 10.2. The van der Waals surface area contributed by atoms with Crippen molar-refractivity contribution in [1.82, 2.24) is 4.98 Å². The Bertz CT molecular complexity index is 606. The fourth-order valence-electron chi connectivity index (χ4n) is 1.48. The van der Waals surface area contributed by atoms with Crippen molar-refractivity contribution in [3.05, 3.63) is 53.2 Å². The summed E-state index contributed by atoms with van der Waals surface area (Å²) in [7, 11) is 0. The highest BCUT2D eigenvalue weighted by Gasteiger charge is 2.04. The number of carboxylic acid groups (broad SMARTS) is 1. The Morgan fingerprint density at radius 3 is 2.95 bits per heavy atom. The van der Waals surface area contributed by atoms with Gasteiger partial charge in [-0.15, -0.1) is 11.8 Å². The minimum Gasteiger partial charge on any atom is -0.493 e. The number of benzene rings is 1. The van der Waals surface area contributed by atoms with E-state index in [1.165, 1.54) is 24.0 Å². The smallest absolute Gasteiger partial charge is 0.335 e. The lowest BCUT2D eigenvalue weighted by Gasteiger charge is -2.06. The van der Waals surface area contributed by atoms with Gasteiger partial charge in [-0.2, -0.15) is 0 Å². The number of hydrogen-bond donors (Lipinski definition) is 1. The molecule has 20 heavy (non-hydrogen) atoms. The molecule has 6 heteroatoms. The summed E-state index contributed by atoms with van der Waals surface area (Å²) in [5.74, 6) is 0.428. The van der Waals surface area contributed by atoms with Crippen LogP contribution in [0.1, 0.15) is 10.4 Å². The second kappa shape index (κ2) is 7.17. The van der Waals surface area contributed by atoms with Gasteiger partial charge in [0.2, 0.25) is 0 Å². The highest BCUT2D eigenvalue weighted by Crippen LogP contribution is 2.19. The number of thioether (sulfide) groups is 1. The van der Waals surface area contributed by atoms with E-state index in [-0.39, 0.29) is 5.56 Å². The van der Waals surface area contributed by atoms with Crippen LogP contribution in [0.2, 0.25) is 5.02 Å². The zero-order chi connectivity index (χ0) is 14.4. The van der Waals surface area contributed by atoms with Gasteiger partial charge in [0.15, 0.2) is 0 Å². The average molecular weight is 310 g/mol. The molecule has 0 fully saturated rings. The van der Waals surface area contributed by atoms with Gasteiger partial charge in [0.25, 0.3) is 0 Å². The first-order chi connectivity index (χ1) is 9.65. The largest absolute Gasteiger partial charge is 0.493 e. The summed E-state index contributed by atoms with van der Waals surface area (Å²) >= 11 is 7.29. The lowest BCUT2D eigenvalue weighted by atomic mass is 10.3. The van der Waals surface area contributed by atoms with Gasteiger partial charge in [-0.1, -0.05) is 17.7 Å². The average Bonchev–Trinajstić information content (AvgIpc) is 2.44. The molecule has 0 aliphatic carbocycles. The second-order valence-corrected chi connectivity index (χ2v) is 5.39. The molecule has 0 spiro atoms. The minimum absolute atomic E-state index is 0.234. The lowest BCUT2D eigenvalue weighted by Crippen LogP contribution is -2.01. The van der Waals surface area contributed by atoms with Crippen LogP contribution in [0.25, 0.3) is 0 Å². The first kappa shape index (κ1) is 14.7. The third-order valence-corrected chi connectivity index (χ3v) is 3.50. The SMILES string of the molecule is O=C(O)c1ccnc(SCCOc2cccc(Cl)c2)c1. The quantitative estimate of drug-likeness (QED) is 0.652. The fourth-order valence-corrected chi connectivity index (χ4v) is 2.39. The van der Waals surface area contributed by atoms with Gasteiger partial charge in [0.05, 0.1) is 17.2 Å². The van der Waals surface area contributed by atoms with E-state index in [1.807, 2.05) is 12.1 Å². The Kier molecular flexibility index (Phi) is 5.26. The van der Waals surface area contributed by atoms with Crippen molar-refractivity contribution in [3.8, 4) is 5.75 Å². The van der Waals surface area contributed by atoms with Gasteiger partial charge in [-0.25, -0.2) is 9.78 Å². The number of aromatic nitrogens is 1. The minimum atomic E-state index is -0.954. The van der Waals surface area contributed by atoms with Gasteiger partial charge >= 0.3 is 5.97 Å². The number of hydrogen-bond acceptors (Lipinski definition) is 4. The summed E-state index contributed by atoms with van der Waals surface area (Å²) in [4.78, 5) is 14.9. The van der Waals surface area contributed by atoms with Gasteiger partial charge in [0.1, 0.15) is 5.75 Å². The van der Waals surface area contributed by atoms with Crippen LogP contribution in [0.5, 0.6) is 5.75 Å². The molecule has 104 valence electrons. The number of pyridine rings is 1. The van der Waals surface area contributed by atoms with E-state index in [1.54, 1.807) is 18.2 Å². The van der Waals surface area contributed by atoms with Crippen LogP contribution in [-0.2, 0) is 0 Å². The number of halogens is 1. The molecule has 2 aromatic rings. The highest BCUT2D eigenvalue weighted by atomic mass is 35.5. The molecule has 0 unspecified atom stereocenters. The molecule has 0 atom stereocenters. The van der Waals surface area contributed by atoms with Crippen molar-refractivity contribution >= 4 is 29.3 Å². The number of ether oxygens (including phenoxy) is 1. The van der Waals surface area contributed by atoms with Crippen molar-refractivity contribution in [2.75, 3.05) is 12.4 Å². The summed E-state index contributed by atoms with van der Waals surface area (Å²) in [5, 5.41) is 10.2. The third kappa shape index (κ3) is 4.43. The van der Waals surface area contributed by atoms with Crippen LogP contribution in [-0.4, -0.2) is 28.4 Å². The van der Waals surface area contributed by atoms with Crippen LogP contribution in [0.15, 0.2) is 47.6 Å². The molecule has 0 bridgehead atoms. The Hall–Kier alpha value is -1.72. The number of aromatic carboxylic acids is 1. The van der Waals surface area contributed by atoms with E-state index in [0.717, 1.165) is 0 Å². The molecule has 1 aromatic heterocycles. The maximum absolute atomic E-state index is 10.8. The van der Waals surface area contributed by atoms with E-state index >= 15 is 0 Å². The van der Waals surface area contributed by atoms with Crippen LogP contribution in [0, 0.1) is 0 Å². The molecule has 0 amide bonds. The number of carbonyl (C=O) groups is 1. The van der Waals surface area contributed by atoms with Crippen molar-refractivity contribution < 1.29 is 14.6 Å². The van der Waals surface area contributed by atoms with Crippen molar-refractivity contribution in [2.45, 2.75) is 5.03 Å². The van der Waals surface area contributed by atoms with Gasteiger partial charge in [-0.05, 0) is 30.3 Å². The molecule has 4 nitrogen and oxygen atoms in total. The lowest BCUT2D eigenvalue weighted by molar-refractivity contribution is 0.0696. The number of nitrogens with zero attached hydrogens (tertiary/aromatic N) is 1. The van der Waals surface area contributed by atoms with Crippen molar-refractivity contribution in [2.24, 2.45) is 0 Å². The van der Waals surface area contributed by atoms with E-state index in [0.29, 0.717) is 28.2 Å². The topological polar surface area (TPSA) is 59.4 Å². The molecule has 1 aromatic carbocycles. The van der Waals surface area contributed by atoms with Crippen LogP contribution in [0.4, 0.5) is 0 Å². The third-order valence-electron chi connectivity index (χ3n) is 2.38. The maximum Gasteiger partial charge on any atom is 0.335 e. The number of carboxylic acids is 1. The summed E-state index contributed by atoms with van der Waals surface area (Å²) in [6, 6.07) is 10.2. The molecule has 1 heterocycles. The van der Waals surface area contributed by atoms with Gasteiger partial charge in [-0.3, -0.25) is 0 Å². The van der Waals surface area contributed by atoms with Crippen LogP contribution in [0.3, 0.4) is 0 Å². The Morgan fingerprint density at radius 1 is 1.35 bits per heavy atom. The predicted molar refractivity (Wildman–Crippen MR) is 78.9 cm³/mol. The van der Waals surface area contributed by atoms with E-state index < -0.39 is 5.97 Å². The molecule has 0 aliphatic heterocycles. The van der Waals surface area contributed by atoms with Gasteiger partial charge in [0, 0.05) is 17.0 Å². The van der Waals surface area contributed by atoms with Gasteiger partial charge < -0.3 is 9.84 Å². The van der Waals surface area contributed by atoms with E-state index in [2.05, 4.69) is 4.98 Å². The zero-order valence-corrected chi connectivity index (χ0v) is 12.0. The summed E-state index contributed by atoms with van der Waals surface area (Å²) in [5.41, 5.74) is 0.234. The van der Waals surface area contributed by atoms with Crippen molar-refractivity contribution in [1.29, 1.82) is 0 Å². The zero-order valence-electron chi connectivity index (χ0n) is 10.5. The fraction of sp³-hybridized carbons (Fsp3) is 0.143. The molecule has 1 N–H and O–H groups in total. The first-order valence-electron chi connectivity index (χ1n) is 5.85. The first-order valence-corrected chi connectivity index (χ1v) is 7.22. The van der Waals surface area contributed by atoms with E-state index in [4.69, 9.17) is 21.4 Å². The predicted octanol–water partition coefficient (Wildman–Crippen LogP) is 3.60. The van der Waals surface area contributed by atoms with Crippen LogP contribution >= 0.6 is 23.4 Å². The molecule has 0 radical (unpaired) electrons. The summed E-state index contributed by atoms with van der Waals surface area (Å²) < 4.78 is 5.54. The Morgan fingerprint density at radius 2 is 2.20 bits per heavy atom. The Balaban J connectivity index is 1.81. The van der Waals surface area contributed by atoms with Crippen molar-refractivity contribution in [3.63, 3.8) is 0 Å². The summed E-state index contributed by atoms with van der Waals surface area (Å²) in [6.45, 7) is 0.490. The molecular formula is C14H12ClNO3S. The van der Waals surface area contributed by atoms with E-state index in [9.17, 15) is 4.79 Å². The molecule has 0 saturated heterocycles. The summed E-state index contributed by atoms with van der Waals surface area (Å²) in [6.07, 6.45) is 1.49. The molecule has 0 aliphatic rings. The Labute approximate surface area is 125 Å². The monoisotopic (exact) mass is 309 g/mol. The number of rotatable bonds is 6. The second-order valence-electron chi connectivity index (χ2n) is 3.84. The molecular weight excluding hydrogens is 298 g/mol. The molecule has 0 saturated carbocycles. The standard InChI is InChI=1S/C14H12ClNO3S/c15-11-2-1-3-12(9-11)19-6-7-20-13-8-10(14(17)18)4-5-16-13/h1-5,8-9H,6-7H2,(H,17,18). The molecule has 2 rings (SSSR count). The van der Waals surface area contributed by atoms with Crippen LogP contribution < -0.4 is 4.74 Å². The maximum atomic E-state index is 10.8.